The van der Waals surface area contributed by atoms with E-state index in [1.807, 2.05) is 6.07 Å². The van der Waals surface area contributed by atoms with Crippen LogP contribution in [0.2, 0.25) is 0 Å². The van der Waals surface area contributed by atoms with Gasteiger partial charge in [0.1, 0.15) is 11.5 Å². The maximum Gasteiger partial charge on any atom is 0.266 e. The van der Waals surface area contributed by atoms with Crippen molar-refractivity contribution in [2.24, 2.45) is 4.99 Å². The Morgan fingerprint density at radius 3 is 2.34 bits per heavy atom. The smallest absolute Gasteiger partial charge is 0.266 e. The third kappa shape index (κ3) is 8.36. The quantitative estimate of drug-likeness (QED) is 0.106. The first-order valence-electron chi connectivity index (χ1n) is 16.0. The summed E-state index contributed by atoms with van der Waals surface area (Å²) in [6.07, 6.45) is -0.743. The summed E-state index contributed by atoms with van der Waals surface area (Å²) >= 11 is 0. The molecule has 5 rings (SSSR count). The van der Waals surface area contributed by atoms with Gasteiger partial charge in [0.25, 0.3) is 5.91 Å². The van der Waals surface area contributed by atoms with Gasteiger partial charge in [-0.3, -0.25) is 10.2 Å². The predicted octanol–water partition coefficient (Wildman–Crippen LogP) is 4.42. The lowest BCUT2D eigenvalue weighted by atomic mass is 9.85. The molecule has 4 aromatic rings. The molecule has 0 unspecified atom stereocenters. The van der Waals surface area contributed by atoms with Gasteiger partial charge in [0, 0.05) is 31.6 Å². The number of amides is 1. The minimum Gasteiger partial charge on any atom is -0.497 e. The van der Waals surface area contributed by atoms with Crippen LogP contribution < -0.4 is 29.8 Å². The molecule has 1 amide bonds. The number of nitrogens with zero attached hydrogens (tertiary/aromatic N) is 1. The molecule has 264 valence electrons. The maximum atomic E-state index is 14.5. The van der Waals surface area contributed by atoms with E-state index in [9.17, 15) is 13.2 Å². The molecule has 0 saturated carbocycles. The molecule has 0 fully saturated rings. The second-order valence-corrected chi connectivity index (χ2v) is 13.6. The first-order valence-corrected chi connectivity index (χ1v) is 17.6. The standard InChI is InChI=1S/C37H41N3O9S/c1-45-30-10-7-9-28(24-30)34-37(19-22-50(43,44)31-11-5-4-6-12-31,36(42)40-38-25-26-13-18-32(46-2)33(23-26)47-3)39-35(49-34)27-14-16-29(17-15-27)48-21-8-20-41/h4-7,9-18,23-24,34,38,41H,8,19-22,25H2,1-3H3,(H,40,42)/t34-,37-/m0/s1. The van der Waals surface area contributed by atoms with Crippen LogP contribution in [0, 0.1) is 0 Å². The lowest BCUT2D eigenvalue weighted by molar-refractivity contribution is -0.130. The van der Waals surface area contributed by atoms with Crippen LogP contribution >= 0.6 is 0 Å². The number of carbonyl (C=O) groups excluding carboxylic acids is 1. The first-order chi connectivity index (χ1) is 24.2. The third-order valence-electron chi connectivity index (χ3n) is 8.22. The Morgan fingerprint density at radius 2 is 1.64 bits per heavy atom. The number of rotatable bonds is 17. The number of hydrazine groups is 1. The number of hydrogen-bond acceptors (Lipinski definition) is 11. The van der Waals surface area contributed by atoms with Crippen molar-refractivity contribution in [2.45, 2.75) is 35.9 Å². The van der Waals surface area contributed by atoms with Gasteiger partial charge in [-0.1, -0.05) is 36.4 Å². The first kappa shape index (κ1) is 36.2. The van der Waals surface area contributed by atoms with Gasteiger partial charge in [0.15, 0.2) is 33.0 Å². The highest BCUT2D eigenvalue weighted by atomic mass is 32.2. The number of aliphatic hydroxyl groups excluding tert-OH is 1. The van der Waals surface area contributed by atoms with Crippen LogP contribution in [0.5, 0.6) is 23.0 Å². The number of hydrogen-bond donors (Lipinski definition) is 3. The molecule has 4 aromatic carbocycles. The van der Waals surface area contributed by atoms with E-state index in [4.69, 9.17) is 33.8 Å². The molecule has 13 heteroatoms. The number of benzene rings is 4. The zero-order chi connectivity index (χ0) is 35.6. The summed E-state index contributed by atoms with van der Waals surface area (Å²) in [4.78, 5) is 19.5. The van der Waals surface area contributed by atoms with Gasteiger partial charge < -0.3 is 28.8 Å². The summed E-state index contributed by atoms with van der Waals surface area (Å²) in [5.41, 5.74) is 5.94. The number of aliphatic imine (C=N–C) groups is 1. The van der Waals surface area contributed by atoms with Crippen LogP contribution in [-0.2, 0) is 25.9 Å². The van der Waals surface area contributed by atoms with Crippen molar-refractivity contribution in [3.05, 3.63) is 114 Å². The van der Waals surface area contributed by atoms with E-state index < -0.39 is 33.1 Å². The Bertz CT molecular complexity index is 1890. The fourth-order valence-electron chi connectivity index (χ4n) is 5.54. The molecular formula is C37H41N3O9S. The topological polar surface area (TPSA) is 154 Å². The summed E-state index contributed by atoms with van der Waals surface area (Å²) in [6, 6.07) is 27.5. The highest BCUT2D eigenvalue weighted by Gasteiger charge is 2.54. The molecule has 12 nitrogen and oxygen atoms in total. The Kier molecular flexibility index (Phi) is 12.0. The molecule has 50 heavy (non-hydrogen) atoms. The zero-order valence-electron chi connectivity index (χ0n) is 28.1. The molecule has 0 saturated heterocycles. The van der Waals surface area contributed by atoms with E-state index in [1.165, 1.54) is 26.4 Å². The molecule has 1 aliphatic rings. The summed E-state index contributed by atoms with van der Waals surface area (Å²) in [6.45, 7) is 0.575. The number of ether oxygens (including phenoxy) is 5. The van der Waals surface area contributed by atoms with Crippen molar-refractivity contribution in [2.75, 3.05) is 40.3 Å². The summed E-state index contributed by atoms with van der Waals surface area (Å²) in [5.74, 6) is 1.39. The molecule has 1 heterocycles. The van der Waals surface area contributed by atoms with Crippen molar-refractivity contribution >= 4 is 21.6 Å². The van der Waals surface area contributed by atoms with Crippen molar-refractivity contribution < 1.29 is 42.0 Å². The van der Waals surface area contributed by atoms with Gasteiger partial charge in [0.05, 0.1) is 38.6 Å². The van der Waals surface area contributed by atoms with Crippen molar-refractivity contribution in [1.82, 2.24) is 10.9 Å². The Hall–Kier alpha value is -5.11. The number of nitrogens with one attached hydrogen (secondary N) is 2. The zero-order valence-corrected chi connectivity index (χ0v) is 28.9. The van der Waals surface area contributed by atoms with E-state index in [0.717, 1.165) is 5.56 Å². The van der Waals surface area contributed by atoms with Gasteiger partial charge in [-0.05, 0) is 71.8 Å². The molecule has 2 atom stereocenters. The fraction of sp³-hybridized carbons (Fsp3) is 0.297. The van der Waals surface area contributed by atoms with Crippen LogP contribution in [0.1, 0.15) is 35.6 Å². The highest BCUT2D eigenvalue weighted by Crippen LogP contribution is 2.44. The Labute approximate surface area is 291 Å². The molecule has 3 N–H and O–H groups in total. The summed E-state index contributed by atoms with van der Waals surface area (Å²) < 4.78 is 55.6. The monoisotopic (exact) mass is 703 g/mol. The normalized spacial score (nSPS) is 17.0. The molecular weight excluding hydrogens is 662 g/mol. The molecule has 0 radical (unpaired) electrons. The van der Waals surface area contributed by atoms with Crippen LogP contribution in [-0.4, -0.2) is 71.2 Å². The minimum atomic E-state index is -3.82. The molecule has 0 bridgehead atoms. The van der Waals surface area contributed by atoms with Crippen molar-refractivity contribution in [1.29, 1.82) is 0 Å². The highest BCUT2D eigenvalue weighted by molar-refractivity contribution is 7.91. The van der Waals surface area contributed by atoms with E-state index in [2.05, 4.69) is 10.9 Å². The Balaban J connectivity index is 1.52. The van der Waals surface area contributed by atoms with Gasteiger partial charge >= 0.3 is 0 Å². The number of carbonyl (C=O) groups is 1. The van der Waals surface area contributed by atoms with Gasteiger partial charge in [-0.25, -0.2) is 18.8 Å². The Morgan fingerprint density at radius 1 is 0.880 bits per heavy atom. The lowest BCUT2D eigenvalue weighted by Gasteiger charge is -2.30. The average Bonchev–Trinajstić information content (AvgIpc) is 3.56. The second kappa shape index (κ2) is 16.5. The minimum absolute atomic E-state index is 0.0156. The molecule has 0 aromatic heterocycles. The van der Waals surface area contributed by atoms with Crippen molar-refractivity contribution in [3.63, 3.8) is 0 Å². The molecule has 0 spiro atoms. The second-order valence-electron chi connectivity index (χ2n) is 11.4. The largest absolute Gasteiger partial charge is 0.497 e. The number of sulfone groups is 1. The average molecular weight is 704 g/mol. The van der Waals surface area contributed by atoms with Crippen molar-refractivity contribution in [3.8, 4) is 23.0 Å². The number of methoxy groups -OCH3 is 3. The van der Waals surface area contributed by atoms with Crippen LogP contribution in [0.25, 0.3) is 0 Å². The van der Waals surface area contributed by atoms with Crippen LogP contribution in [0.3, 0.4) is 0 Å². The fourth-order valence-corrected chi connectivity index (χ4v) is 6.92. The van der Waals surface area contributed by atoms with Gasteiger partial charge in [0.2, 0.25) is 5.90 Å². The van der Waals surface area contributed by atoms with E-state index in [-0.39, 0.29) is 30.4 Å². The van der Waals surface area contributed by atoms with Gasteiger partial charge in [-0.15, -0.1) is 0 Å². The SMILES string of the molecule is COc1cccc([C@@H]2OC(c3ccc(OCCCO)cc3)=N[C@]2(CCS(=O)(=O)c2ccccc2)C(=O)NNCc2ccc(OC)c(OC)c2)c1. The molecule has 0 aliphatic carbocycles. The predicted molar refractivity (Wildman–Crippen MR) is 187 cm³/mol. The van der Waals surface area contributed by atoms with E-state index >= 15 is 0 Å². The van der Waals surface area contributed by atoms with E-state index in [1.54, 1.807) is 86.0 Å². The maximum absolute atomic E-state index is 14.5. The summed E-state index contributed by atoms with van der Waals surface area (Å²) in [5, 5.41) is 9.08. The van der Waals surface area contributed by atoms with E-state index in [0.29, 0.717) is 47.2 Å². The number of aliphatic hydroxyl groups is 1. The third-order valence-corrected chi connectivity index (χ3v) is 9.96. The van der Waals surface area contributed by atoms with Crippen LogP contribution in [0.4, 0.5) is 0 Å². The van der Waals surface area contributed by atoms with Crippen LogP contribution in [0.15, 0.2) is 107 Å². The molecule has 1 aliphatic heterocycles. The lowest BCUT2D eigenvalue weighted by Crippen LogP contribution is -2.53. The van der Waals surface area contributed by atoms with Gasteiger partial charge in [-0.2, -0.15) is 0 Å². The summed E-state index contributed by atoms with van der Waals surface area (Å²) in [7, 11) is 0.794.